The lowest BCUT2D eigenvalue weighted by molar-refractivity contribution is 0.112. The number of fused-ring (bicyclic) bond motifs is 1. The van der Waals surface area contributed by atoms with Gasteiger partial charge in [0.1, 0.15) is 5.75 Å². The summed E-state index contributed by atoms with van der Waals surface area (Å²) in [7, 11) is -2.60. The van der Waals surface area contributed by atoms with Gasteiger partial charge in [-0.2, -0.15) is 0 Å². The number of aromatic amines is 1. The number of carbonyl (C=O) groups is 1. The average Bonchev–Trinajstić information content (AvgIpc) is 3.01. The first kappa shape index (κ1) is 24.5. The molecule has 1 aromatic heterocycles. The highest BCUT2D eigenvalue weighted by molar-refractivity contribution is 6.75. The lowest BCUT2D eigenvalue weighted by Crippen LogP contribution is -2.44. The monoisotopic (exact) mass is 449 g/mol. The Morgan fingerprint density at radius 3 is 1.73 bits per heavy atom. The van der Waals surface area contributed by atoms with Crippen molar-refractivity contribution in [3.63, 3.8) is 0 Å². The van der Waals surface area contributed by atoms with Crippen molar-refractivity contribution < 1.29 is 18.4 Å². The number of nitrogens with one attached hydrogen (secondary N) is 1. The summed E-state index contributed by atoms with van der Waals surface area (Å²) < 4.78 is 19.3. The third kappa shape index (κ3) is 4.32. The fraction of sp³-hybridized carbons (Fsp3) is 0.609. The van der Waals surface area contributed by atoms with Gasteiger partial charge < -0.3 is 18.6 Å². The third-order valence-electron chi connectivity index (χ3n) is 6.86. The second-order valence-corrected chi connectivity index (χ2v) is 20.6. The number of H-pyrrole nitrogens is 1. The highest BCUT2D eigenvalue weighted by Crippen LogP contribution is 2.50. The van der Waals surface area contributed by atoms with Gasteiger partial charge in [-0.25, -0.2) is 0 Å². The molecule has 5 nitrogen and oxygen atoms in total. The van der Waals surface area contributed by atoms with E-state index >= 15 is 0 Å². The smallest absolute Gasteiger partial charge is 0.250 e. The first-order valence-corrected chi connectivity index (χ1v) is 16.3. The number of carbonyl (C=O) groups excluding carboxylic acids is 1. The molecule has 1 aromatic carbocycles. The van der Waals surface area contributed by atoms with Gasteiger partial charge in [0.2, 0.25) is 0 Å². The second-order valence-electron chi connectivity index (χ2n) is 11.2. The molecule has 7 heteroatoms. The van der Waals surface area contributed by atoms with Gasteiger partial charge in [0.25, 0.3) is 16.6 Å². The molecule has 0 fully saturated rings. The van der Waals surface area contributed by atoms with E-state index in [1.807, 2.05) is 13.0 Å². The minimum Gasteiger partial charge on any atom is -0.542 e. The van der Waals surface area contributed by atoms with Crippen molar-refractivity contribution in [1.29, 1.82) is 0 Å². The number of aromatic nitrogens is 1. The van der Waals surface area contributed by atoms with Crippen molar-refractivity contribution in [3.05, 3.63) is 17.3 Å². The van der Waals surface area contributed by atoms with Gasteiger partial charge in [-0.3, -0.25) is 4.79 Å². The molecule has 30 heavy (non-hydrogen) atoms. The van der Waals surface area contributed by atoms with Crippen LogP contribution in [0.15, 0.2) is 6.07 Å². The maximum absolute atomic E-state index is 11.6. The van der Waals surface area contributed by atoms with E-state index in [4.69, 9.17) is 13.6 Å². The standard InChI is InChI=1S/C23H39NO4Si2/c1-15-19(27-29(9,10)22(2,3)4)18-17(13-16(14-25)24-18)21(20(15)26-8)28-30(11,12)23(5,6)7/h13-14,24H,1-12H3. The number of hydrogen-bond acceptors (Lipinski definition) is 4. The van der Waals surface area contributed by atoms with Crippen molar-refractivity contribution >= 4 is 33.8 Å². The van der Waals surface area contributed by atoms with Crippen molar-refractivity contribution in [3.8, 4) is 17.2 Å². The molecule has 0 amide bonds. The van der Waals surface area contributed by atoms with Crippen molar-refractivity contribution in [2.45, 2.75) is 84.7 Å². The summed E-state index contributed by atoms with van der Waals surface area (Å²) in [6, 6.07) is 1.84. The molecule has 0 saturated carbocycles. The van der Waals surface area contributed by atoms with Gasteiger partial charge in [0.05, 0.1) is 18.3 Å². The fourth-order valence-electron chi connectivity index (χ4n) is 2.77. The maximum Gasteiger partial charge on any atom is 0.250 e. The molecule has 2 rings (SSSR count). The summed E-state index contributed by atoms with van der Waals surface area (Å²) in [6.45, 7) is 24.1. The Morgan fingerprint density at radius 2 is 1.33 bits per heavy atom. The number of methoxy groups -OCH3 is 1. The van der Waals surface area contributed by atoms with Crippen LogP contribution >= 0.6 is 0 Å². The summed E-state index contributed by atoms with van der Waals surface area (Å²) in [4.78, 5) is 14.9. The van der Waals surface area contributed by atoms with Crippen LogP contribution in [-0.2, 0) is 0 Å². The molecule has 0 unspecified atom stereocenters. The van der Waals surface area contributed by atoms with Gasteiger partial charge in [-0.05, 0) is 49.3 Å². The SMILES string of the molecule is COc1c(C)c(O[Si](C)(C)C(C)(C)C)c2[nH]c(C=O)cc2c1O[Si](C)(C)C(C)(C)C. The molecule has 0 radical (unpaired) electrons. The Morgan fingerprint density at radius 1 is 0.867 bits per heavy atom. The Labute approximate surface area is 183 Å². The molecule has 0 aliphatic rings. The van der Waals surface area contributed by atoms with E-state index < -0.39 is 16.6 Å². The number of hydrogen-bond donors (Lipinski definition) is 1. The topological polar surface area (TPSA) is 60.5 Å². The van der Waals surface area contributed by atoms with Gasteiger partial charge in [-0.1, -0.05) is 41.5 Å². The predicted molar refractivity (Wildman–Crippen MR) is 131 cm³/mol. The van der Waals surface area contributed by atoms with Crippen LogP contribution in [0.4, 0.5) is 0 Å². The number of benzene rings is 1. The summed E-state index contributed by atoms with van der Waals surface area (Å²) >= 11 is 0. The van der Waals surface area contributed by atoms with Crippen LogP contribution in [0.2, 0.25) is 36.3 Å². The van der Waals surface area contributed by atoms with E-state index in [0.29, 0.717) is 17.2 Å². The number of aldehydes is 1. The average molecular weight is 450 g/mol. The molecule has 2 aromatic rings. The Kier molecular flexibility index (Phi) is 6.34. The Hall–Kier alpha value is -1.74. The van der Waals surface area contributed by atoms with Crippen LogP contribution in [0.1, 0.15) is 57.6 Å². The minimum absolute atomic E-state index is 0.0261. The van der Waals surface area contributed by atoms with Crippen molar-refractivity contribution in [2.75, 3.05) is 7.11 Å². The lowest BCUT2D eigenvalue weighted by atomic mass is 10.1. The third-order valence-corrected chi connectivity index (χ3v) is 15.5. The van der Waals surface area contributed by atoms with Crippen LogP contribution in [-0.4, -0.2) is 35.0 Å². The summed E-state index contributed by atoms with van der Waals surface area (Å²) in [5, 5.41) is 0.895. The quantitative estimate of drug-likeness (QED) is 0.378. The van der Waals surface area contributed by atoms with E-state index in [1.54, 1.807) is 7.11 Å². The molecule has 0 aliphatic heterocycles. The summed E-state index contributed by atoms with van der Waals surface area (Å²) in [5.74, 6) is 2.13. The number of rotatable bonds is 6. The number of ether oxygens (including phenoxy) is 1. The molecule has 1 N–H and O–H groups in total. The molecule has 0 saturated heterocycles. The van der Waals surface area contributed by atoms with Crippen LogP contribution in [0.3, 0.4) is 0 Å². The lowest BCUT2D eigenvalue weighted by Gasteiger charge is -2.39. The van der Waals surface area contributed by atoms with Crippen LogP contribution in [0.25, 0.3) is 10.9 Å². The normalized spacial score (nSPS) is 13.5. The van der Waals surface area contributed by atoms with Gasteiger partial charge in [0, 0.05) is 10.9 Å². The zero-order chi connectivity index (χ0) is 23.3. The highest BCUT2D eigenvalue weighted by Gasteiger charge is 2.42. The maximum atomic E-state index is 11.6. The molecule has 1 heterocycles. The highest BCUT2D eigenvalue weighted by atomic mass is 28.4. The molecule has 0 atom stereocenters. The Balaban J connectivity index is 2.83. The first-order valence-electron chi connectivity index (χ1n) is 10.5. The predicted octanol–water partition coefficient (Wildman–Crippen LogP) is 7.07. The van der Waals surface area contributed by atoms with Crippen molar-refractivity contribution in [1.82, 2.24) is 4.98 Å². The Bertz CT molecular complexity index is 947. The minimum atomic E-state index is -2.14. The first-order chi connectivity index (χ1) is 13.5. The molecular weight excluding hydrogens is 410 g/mol. The van der Waals surface area contributed by atoms with Crippen LogP contribution < -0.4 is 13.6 Å². The van der Waals surface area contributed by atoms with E-state index in [1.165, 1.54) is 0 Å². The van der Waals surface area contributed by atoms with E-state index in [2.05, 4.69) is 72.7 Å². The zero-order valence-corrected chi connectivity index (χ0v) is 22.8. The van der Waals surface area contributed by atoms with Crippen LogP contribution in [0, 0.1) is 6.92 Å². The molecule has 0 aliphatic carbocycles. The summed E-state index contributed by atoms with van der Waals surface area (Å²) in [6.07, 6.45) is 0.827. The van der Waals surface area contributed by atoms with Gasteiger partial charge in [0.15, 0.2) is 17.8 Å². The molecule has 168 valence electrons. The van der Waals surface area contributed by atoms with E-state index in [0.717, 1.165) is 28.5 Å². The zero-order valence-electron chi connectivity index (χ0n) is 20.8. The fourth-order valence-corrected chi connectivity index (χ4v) is 4.86. The van der Waals surface area contributed by atoms with Gasteiger partial charge >= 0.3 is 0 Å². The van der Waals surface area contributed by atoms with E-state index in [-0.39, 0.29) is 10.1 Å². The largest absolute Gasteiger partial charge is 0.542 e. The van der Waals surface area contributed by atoms with Crippen molar-refractivity contribution in [2.24, 2.45) is 0 Å². The van der Waals surface area contributed by atoms with E-state index in [9.17, 15) is 4.79 Å². The molecule has 0 bridgehead atoms. The van der Waals surface area contributed by atoms with Gasteiger partial charge in [-0.15, -0.1) is 0 Å². The molecule has 0 spiro atoms. The summed E-state index contributed by atoms with van der Waals surface area (Å²) in [5.41, 5.74) is 2.19. The molecular formula is C23H39NO4Si2. The van der Waals surface area contributed by atoms with Crippen LogP contribution in [0.5, 0.6) is 17.2 Å². The second kappa shape index (κ2) is 7.75.